The molecule has 0 fully saturated rings. The number of aromatic nitrogens is 1. The first kappa shape index (κ1) is 39.8. The van der Waals surface area contributed by atoms with Crippen LogP contribution in [0.1, 0.15) is 46.3 Å². The molecule has 1 amide bonds. The van der Waals surface area contributed by atoms with Crippen LogP contribution in [0.3, 0.4) is 0 Å². The lowest BCUT2D eigenvalue weighted by Crippen LogP contribution is -2.12. The molecule has 0 aliphatic carbocycles. The molecule has 5 rings (SSSR count). The van der Waals surface area contributed by atoms with Gasteiger partial charge in [0.1, 0.15) is 11.3 Å². The number of benzene rings is 4. The van der Waals surface area contributed by atoms with Crippen molar-refractivity contribution in [1.82, 2.24) is 4.98 Å². The average Bonchev–Trinajstić information content (AvgIpc) is 3.41. The zero-order valence-corrected chi connectivity index (χ0v) is 28.1. The summed E-state index contributed by atoms with van der Waals surface area (Å²) in [6.07, 6.45) is 0. The van der Waals surface area contributed by atoms with E-state index >= 15 is 0 Å². The predicted octanol–water partition coefficient (Wildman–Crippen LogP) is 8.58. The molecule has 0 aliphatic rings. The highest BCUT2D eigenvalue weighted by Crippen LogP contribution is 2.30. The molecule has 4 aromatic carbocycles. The maximum Gasteiger partial charge on any atom is 0.335 e. The van der Waals surface area contributed by atoms with Crippen molar-refractivity contribution in [3.8, 4) is 17.2 Å². The van der Waals surface area contributed by atoms with Gasteiger partial charge in [-0.3, -0.25) is 14.4 Å². The molecule has 6 N–H and O–H groups in total. The van der Waals surface area contributed by atoms with Gasteiger partial charge in [-0.25, -0.2) is 14.6 Å². The Morgan fingerprint density at radius 3 is 1.57 bits per heavy atom. The normalized spacial score (nSPS) is 9.84. The van der Waals surface area contributed by atoms with Gasteiger partial charge in [0, 0.05) is 46.5 Å². The molecule has 5 aromatic rings. The number of aliphatic carboxylic acids is 2. The lowest BCUT2D eigenvalue weighted by Gasteiger charge is -2.08. The maximum atomic E-state index is 12.0. The highest BCUT2D eigenvalue weighted by molar-refractivity contribution is 6.35. The number of carbonyl (C=O) groups excluding carboxylic acids is 1. The Hall–Kier alpha value is -5.34. The number of aromatic hydroxyl groups is 1. The summed E-state index contributed by atoms with van der Waals surface area (Å²) in [7, 11) is 0. The van der Waals surface area contributed by atoms with Crippen LogP contribution in [0.2, 0.25) is 20.1 Å². The Morgan fingerprint density at radius 1 is 0.653 bits per heavy atom. The van der Waals surface area contributed by atoms with Gasteiger partial charge in [0.15, 0.2) is 5.58 Å². The van der Waals surface area contributed by atoms with Crippen molar-refractivity contribution in [3.05, 3.63) is 110 Å². The number of phenolic OH excluding ortho intramolecular Hbond substituents is 1. The molecule has 0 aliphatic heterocycles. The minimum Gasteiger partial charge on any atom is -0.506 e. The van der Waals surface area contributed by atoms with E-state index in [-0.39, 0.29) is 29.6 Å². The Morgan fingerprint density at radius 2 is 1.10 bits per heavy atom. The van der Waals surface area contributed by atoms with Crippen LogP contribution in [0.15, 0.2) is 77.2 Å². The van der Waals surface area contributed by atoms with Crippen LogP contribution in [0.25, 0.3) is 22.6 Å². The van der Waals surface area contributed by atoms with E-state index in [0.29, 0.717) is 42.6 Å². The van der Waals surface area contributed by atoms with Crippen molar-refractivity contribution in [2.45, 2.75) is 13.8 Å². The molecule has 1 aromatic heterocycles. The van der Waals surface area contributed by atoms with Gasteiger partial charge in [0.25, 0.3) is 17.8 Å². The summed E-state index contributed by atoms with van der Waals surface area (Å²) in [6, 6.07) is 17.4. The number of oxazole rings is 1. The molecule has 0 saturated carbocycles. The second-order valence-electron chi connectivity index (χ2n) is 9.35. The maximum absolute atomic E-state index is 12.0. The number of amides is 1. The molecule has 0 radical (unpaired) electrons. The van der Waals surface area contributed by atoms with Crippen LogP contribution in [0.5, 0.6) is 5.75 Å². The molecule has 49 heavy (non-hydrogen) atoms. The standard InChI is InChI=1S/C14H9Cl2NO4.C14H7Cl2NO3.2C2H4O2.H2/c15-9-3-8(4-10(16)6-9)13(19)17-11-2-1-7(14(20)21)5-12(11)18;15-9-3-8(4-10(16)6-9)13-17-11-2-1-7(14(18)19)5-12(11)20-13;2*1-2(3)4;/h1-6,18H,(H,17,19)(H,20,21);1-6H,(H,18,19);2*1H3,(H,3,4);1H/i;;;;1+1. The fourth-order valence-electron chi connectivity index (χ4n) is 3.51. The number of carboxylic acid groups (broad SMARTS) is 4. The largest absolute Gasteiger partial charge is 0.506 e. The molecule has 13 nitrogen and oxygen atoms in total. The van der Waals surface area contributed by atoms with Crippen molar-refractivity contribution in [3.63, 3.8) is 0 Å². The molecule has 17 heteroatoms. The number of fused-ring (bicyclic) bond motifs is 1. The smallest absolute Gasteiger partial charge is 0.335 e. The van der Waals surface area contributed by atoms with Gasteiger partial charge in [-0.05, 0) is 72.8 Å². The topological polar surface area (TPSA) is 225 Å². The van der Waals surface area contributed by atoms with E-state index in [1.165, 1.54) is 42.5 Å². The monoisotopic (exact) mass is 755 g/mol. The highest BCUT2D eigenvalue weighted by Gasteiger charge is 2.14. The summed E-state index contributed by atoms with van der Waals surface area (Å²) < 4.78 is 5.56. The van der Waals surface area contributed by atoms with Gasteiger partial charge in [0.05, 0.1) is 16.8 Å². The number of phenols is 1. The van der Waals surface area contributed by atoms with Crippen molar-refractivity contribution in [1.29, 1.82) is 0 Å². The van der Waals surface area contributed by atoms with E-state index in [1.54, 1.807) is 24.3 Å². The van der Waals surface area contributed by atoms with E-state index in [9.17, 15) is 19.5 Å². The van der Waals surface area contributed by atoms with E-state index < -0.39 is 29.8 Å². The van der Waals surface area contributed by atoms with Gasteiger partial charge in [-0.1, -0.05) is 46.4 Å². The van der Waals surface area contributed by atoms with Crippen LogP contribution in [-0.4, -0.2) is 60.3 Å². The first-order valence-corrected chi connectivity index (χ1v) is 14.7. The molecule has 258 valence electrons. The third-order valence-corrected chi connectivity index (χ3v) is 6.24. The Balaban J connectivity index is 0.000000406. The van der Waals surface area contributed by atoms with E-state index in [0.717, 1.165) is 19.9 Å². The lowest BCUT2D eigenvalue weighted by molar-refractivity contribution is -0.135. The third kappa shape index (κ3) is 13.4. The van der Waals surface area contributed by atoms with Crippen molar-refractivity contribution < 1.29 is 55.3 Å². The second kappa shape index (κ2) is 18.3. The predicted molar refractivity (Wildman–Crippen MR) is 185 cm³/mol. The summed E-state index contributed by atoms with van der Waals surface area (Å²) in [5.74, 6) is -4.40. The second-order valence-corrected chi connectivity index (χ2v) is 11.1. The van der Waals surface area contributed by atoms with Gasteiger partial charge in [0.2, 0.25) is 5.89 Å². The zero-order chi connectivity index (χ0) is 37.0. The third-order valence-electron chi connectivity index (χ3n) is 5.36. The van der Waals surface area contributed by atoms with Crippen LogP contribution < -0.4 is 5.32 Å². The van der Waals surface area contributed by atoms with Gasteiger partial charge in [-0.2, -0.15) is 0 Å². The Labute approximate surface area is 298 Å². The summed E-state index contributed by atoms with van der Waals surface area (Å²) in [5, 5.41) is 46.3. The molecule has 1 heterocycles. The molecule has 0 atom stereocenters. The molecule has 0 unspecified atom stereocenters. The van der Waals surface area contributed by atoms with Crippen LogP contribution in [-0.2, 0) is 9.59 Å². The molecular formula is C32H26Cl4N2O11. The number of hydrogen-bond donors (Lipinski definition) is 6. The lowest BCUT2D eigenvalue weighted by atomic mass is 10.1. The van der Waals surface area contributed by atoms with Crippen molar-refractivity contribution in [2.75, 3.05) is 5.32 Å². The van der Waals surface area contributed by atoms with Crippen LogP contribution >= 0.6 is 46.4 Å². The Bertz CT molecular complexity index is 1980. The summed E-state index contributed by atoms with van der Waals surface area (Å²) in [5.41, 5.74) is 1.96. The van der Waals surface area contributed by atoms with Crippen molar-refractivity contribution >= 4 is 93.0 Å². The number of hydrogen-bond acceptors (Lipinski definition) is 8. The average molecular weight is 757 g/mol. The summed E-state index contributed by atoms with van der Waals surface area (Å²) in [4.78, 5) is 56.0. The van der Waals surface area contributed by atoms with E-state index in [2.05, 4.69) is 10.3 Å². The van der Waals surface area contributed by atoms with Gasteiger partial charge >= 0.3 is 11.9 Å². The fourth-order valence-corrected chi connectivity index (χ4v) is 4.56. The fraction of sp³-hybridized carbons (Fsp3) is 0.0625. The number of nitrogens with one attached hydrogen (secondary N) is 1. The quantitative estimate of drug-likeness (QED) is 0.0928. The number of aromatic carboxylic acids is 2. The first-order chi connectivity index (χ1) is 22.9. The molecule has 0 spiro atoms. The number of nitrogens with zero attached hydrogens (tertiary/aromatic N) is 1. The summed E-state index contributed by atoms with van der Waals surface area (Å²) >= 11 is 23.5. The summed E-state index contributed by atoms with van der Waals surface area (Å²) in [6.45, 7) is 2.17. The number of carbonyl (C=O) groups is 5. The minimum absolute atomic E-state index is 0. The van der Waals surface area contributed by atoms with E-state index in [4.69, 9.17) is 80.8 Å². The van der Waals surface area contributed by atoms with Gasteiger partial charge < -0.3 is 35.3 Å². The van der Waals surface area contributed by atoms with Crippen LogP contribution in [0, 0.1) is 0 Å². The molecule has 0 saturated heterocycles. The van der Waals surface area contributed by atoms with E-state index in [1.807, 2.05) is 0 Å². The SMILES string of the molecule is CC(=O)O.CC(=O)O.O=C(O)c1ccc(NC(=O)c2cc(Cl)cc(Cl)c2)c(O)c1.O=C(O)c1ccc2nc(-c3cc(Cl)cc(Cl)c3)oc2c1.[2HH]. The molecule has 0 bridgehead atoms. The zero-order valence-electron chi connectivity index (χ0n) is 25.1. The first-order valence-electron chi connectivity index (χ1n) is 13.2. The number of carboxylic acids is 4. The number of halogens is 4. The van der Waals surface area contributed by atoms with Gasteiger partial charge in [-0.15, -0.1) is 0 Å². The number of anilines is 1. The number of rotatable bonds is 5. The van der Waals surface area contributed by atoms with Crippen molar-refractivity contribution in [2.24, 2.45) is 0 Å². The minimum atomic E-state index is -1.18. The van der Waals surface area contributed by atoms with Crippen LogP contribution in [0.4, 0.5) is 5.69 Å². The highest BCUT2D eigenvalue weighted by atomic mass is 35.5. The molecular weight excluding hydrogens is 730 g/mol. The Kier molecular flexibility index (Phi) is 14.9.